The van der Waals surface area contributed by atoms with E-state index < -0.39 is 0 Å². The quantitative estimate of drug-likeness (QED) is 0.502. The van der Waals surface area contributed by atoms with Crippen LogP contribution < -0.4 is 21.7 Å². The van der Waals surface area contributed by atoms with E-state index in [4.69, 9.17) is 4.98 Å². The smallest absolute Gasteiger partial charge is 0.158 e. The van der Waals surface area contributed by atoms with Crippen LogP contribution in [-0.4, -0.2) is 38.8 Å². The van der Waals surface area contributed by atoms with Crippen molar-refractivity contribution in [1.29, 1.82) is 0 Å². The van der Waals surface area contributed by atoms with Gasteiger partial charge in [-0.3, -0.25) is 0 Å². The van der Waals surface area contributed by atoms with Crippen molar-refractivity contribution in [1.82, 2.24) is 31.0 Å². The molecular weight excluding hydrogens is 334 g/mol. The van der Waals surface area contributed by atoms with Gasteiger partial charge in [0.05, 0.1) is 16.8 Å². The predicted octanol–water partition coefficient (Wildman–Crippen LogP) is 1.79. The summed E-state index contributed by atoms with van der Waals surface area (Å²) in [7, 11) is 0. The maximum Gasteiger partial charge on any atom is 0.158 e. The monoisotopic (exact) mass is 355 g/mol. The molecule has 8 heteroatoms. The number of fused-ring (bicyclic) bond motifs is 1. The molecule has 0 spiro atoms. The number of benzene rings is 1. The van der Waals surface area contributed by atoms with Crippen molar-refractivity contribution in [3.05, 3.63) is 48.2 Å². The van der Waals surface area contributed by atoms with Crippen LogP contribution in [-0.2, 0) is 0 Å². The van der Waals surface area contributed by atoms with E-state index in [1.807, 2.05) is 47.5 Å². The second-order valence-corrected chi connectivity index (χ2v) is 7.20. The summed E-state index contributed by atoms with van der Waals surface area (Å²) in [6.45, 7) is 3.76. The zero-order valence-corrected chi connectivity index (χ0v) is 14.8. The average molecular weight is 355 g/mol. The second kappa shape index (κ2) is 7.40. The first-order valence-corrected chi connectivity index (χ1v) is 9.36. The van der Waals surface area contributed by atoms with E-state index in [9.17, 15) is 0 Å². The Labute approximate surface area is 150 Å². The van der Waals surface area contributed by atoms with Gasteiger partial charge in [0, 0.05) is 36.5 Å². The van der Waals surface area contributed by atoms with Crippen LogP contribution in [0.1, 0.15) is 5.69 Å². The molecule has 1 aromatic carbocycles. The molecule has 3 aromatic rings. The highest BCUT2D eigenvalue weighted by molar-refractivity contribution is 7.99. The third kappa shape index (κ3) is 3.77. The van der Waals surface area contributed by atoms with Gasteiger partial charge in [-0.05, 0) is 6.92 Å². The summed E-state index contributed by atoms with van der Waals surface area (Å²) in [4.78, 5) is 4.75. The summed E-state index contributed by atoms with van der Waals surface area (Å²) in [5, 5.41) is 8.46. The van der Waals surface area contributed by atoms with Crippen molar-refractivity contribution in [3.63, 3.8) is 0 Å². The number of aromatic nitrogens is 3. The lowest BCUT2D eigenvalue weighted by atomic mass is 10.1. The van der Waals surface area contributed by atoms with Gasteiger partial charge in [-0.15, -0.1) is 11.8 Å². The van der Waals surface area contributed by atoms with Crippen molar-refractivity contribution >= 4 is 23.2 Å². The lowest BCUT2D eigenvalue weighted by Gasteiger charge is -2.12. The Morgan fingerprint density at radius 2 is 2.16 bits per heavy atom. The Morgan fingerprint density at radius 1 is 1.28 bits per heavy atom. The highest BCUT2D eigenvalue weighted by Crippen LogP contribution is 2.22. The molecule has 0 aliphatic carbocycles. The molecule has 0 saturated carbocycles. The van der Waals surface area contributed by atoms with Gasteiger partial charge >= 0.3 is 0 Å². The molecule has 1 atom stereocenters. The van der Waals surface area contributed by atoms with Gasteiger partial charge in [0.25, 0.3) is 0 Å². The third-order valence-corrected chi connectivity index (χ3v) is 5.08. The van der Waals surface area contributed by atoms with Crippen molar-refractivity contribution in [2.75, 3.05) is 24.2 Å². The van der Waals surface area contributed by atoms with E-state index in [0.717, 1.165) is 47.3 Å². The molecule has 0 bridgehead atoms. The van der Waals surface area contributed by atoms with Crippen LogP contribution in [0.2, 0.25) is 0 Å². The van der Waals surface area contributed by atoms with Gasteiger partial charge in [-0.1, -0.05) is 30.3 Å². The van der Waals surface area contributed by atoms with Crippen LogP contribution in [0, 0.1) is 6.92 Å². The van der Waals surface area contributed by atoms with Crippen LogP contribution in [0.4, 0.5) is 5.82 Å². The molecule has 25 heavy (non-hydrogen) atoms. The summed E-state index contributed by atoms with van der Waals surface area (Å²) >= 11 is 1.87. The maximum atomic E-state index is 4.75. The molecule has 0 radical (unpaired) electrons. The summed E-state index contributed by atoms with van der Waals surface area (Å²) in [5.74, 6) is 1.96. The Bertz CT molecular complexity index is 843. The van der Waals surface area contributed by atoms with Crippen LogP contribution in [0.15, 0.2) is 42.5 Å². The number of aryl methyl sites for hydroxylation is 1. The van der Waals surface area contributed by atoms with Gasteiger partial charge in [-0.2, -0.15) is 15.1 Å². The highest BCUT2D eigenvalue weighted by Gasteiger charge is 2.13. The summed E-state index contributed by atoms with van der Waals surface area (Å²) in [6.07, 6.45) is 0. The number of hydrogen-bond acceptors (Lipinski definition) is 7. The number of hydrazine groups is 2. The second-order valence-electron chi connectivity index (χ2n) is 5.88. The molecular formula is C17H21N7S. The molecule has 4 N–H and O–H groups in total. The Hall–Kier alpha value is -2.13. The fraction of sp³-hybridized carbons (Fsp3) is 0.294. The predicted molar refractivity (Wildman–Crippen MR) is 102 cm³/mol. The zero-order valence-electron chi connectivity index (χ0n) is 14.0. The first kappa shape index (κ1) is 16.3. The van der Waals surface area contributed by atoms with Crippen molar-refractivity contribution < 1.29 is 0 Å². The van der Waals surface area contributed by atoms with Crippen LogP contribution in [0.5, 0.6) is 0 Å². The summed E-state index contributed by atoms with van der Waals surface area (Å²) < 4.78 is 1.88. The lowest BCUT2D eigenvalue weighted by molar-refractivity contribution is 0.587. The molecule has 130 valence electrons. The minimum atomic E-state index is 0.395. The molecule has 3 heterocycles. The normalized spacial score (nSPS) is 17.2. The number of thioether (sulfide) groups is 1. The molecule has 7 nitrogen and oxygen atoms in total. The van der Waals surface area contributed by atoms with Gasteiger partial charge < -0.3 is 5.32 Å². The standard InChI is InChI=1S/C17H21N7S/c1-12-9-16-20-14(13-5-3-2-4-6-13)10-15(24(16)22-12)18-7-8-25-17-11-19-23-21-17/h2-6,9-10,17-19,21,23H,7-8,11H2,1H3. The van der Waals surface area contributed by atoms with Crippen molar-refractivity contribution in [2.45, 2.75) is 12.3 Å². The fourth-order valence-electron chi connectivity index (χ4n) is 2.78. The molecule has 0 amide bonds. The van der Waals surface area contributed by atoms with Crippen LogP contribution in [0.25, 0.3) is 16.9 Å². The van der Waals surface area contributed by atoms with E-state index in [2.05, 4.69) is 45.0 Å². The maximum absolute atomic E-state index is 4.75. The van der Waals surface area contributed by atoms with E-state index >= 15 is 0 Å². The summed E-state index contributed by atoms with van der Waals surface area (Å²) in [6, 6.07) is 14.3. The zero-order chi connectivity index (χ0) is 17.1. The van der Waals surface area contributed by atoms with E-state index in [1.54, 1.807) is 0 Å². The van der Waals surface area contributed by atoms with Gasteiger partial charge in [0.15, 0.2) is 5.65 Å². The van der Waals surface area contributed by atoms with E-state index in [1.165, 1.54) is 0 Å². The SMILES string of the molecule is Cc1cc2nc(-c3ccccc3)cc(NCCSC3CNNN3)n2n1. The first-order chi connectivity index (χ1) is 12.3. The van der Waals surface area contributed by atoms with Gasteiger partial charge in [0.2, 0.25) is 0 Å². The topological polar surface area (TPSA) is 78.3 Å². The summed E-state index contributed by atoms with van der Waals surface area (Å²) in [5.41, 5.74) is 13.0. The molecule has 4 rings (SSSR count). The molecule has 1 aliphatic rings. The Balaban J connectivity index is 1.53. The number of nitrogens with one attached hydrogen (secondary N) is 4. The molecule has 1 saturated heterocycles. The van der Waals surface area contributed by atoms with Crippen molar-refractivity contribution in [3.8, 4) is 11.3 Å². The molecule has 1 unspecified atom stereocenters. The first-order valence-electron chi connectivity index (χ1n) is 8.31. The van der Waals surface area contributed by atoms with Crippen molar-refractivity contribution in [2.24, 2.45) is 0 Å². The van der Waals surface area contributed by atoms with Gasteiger partial charge in [-0.25, -0.2) is 15.8 Å². The highest BCUT2D eigenvalue weighted by atomic mass is 32.2. The largest absolute Gasteiger partial charge is 0.369 e. The third-order valence-electron chi connectivity index (χ3n) is 3.96. The van der Waals surface area contributed by atoms with Crippen LogP contribution in [0.3, 0.4) is 0 Å². The Kier molecular flexibility index (Phi) is 4.84. The number of nitrogens with zero attached hydrogens (tertiary/aromatic N) is 3. The molecule has 2 aromatic heterocycles. The van der Waals surface area contributed by atoms with E-state index in [-0.39, 0.29) is 0 Å². The molecule has 1 fully saturated rings. The van der Waals surface area contributed by atoms with Crippen LogP contribution >= 0.6 is 11.8 Å². The number of anilines is 1. The lowest BCUT2D eigenvalue weighted by Crippen LogP contribution is -2.32. The molecule has 1 aliphatic heterocycles. The fourth-order valence-corrected chi connectivity index (χ4v) is 3.63. The Morgan fingerprint density at radius 3 is 2.96 bits per heavy atom. The number of rotatable bonds is 6. The van der Waals surface area contributed by atoms with E-state index in [0.29, 0.717) is 5.37 Å². The number of hydrogen-bond donors (Lipinski definition) is 4. The van der Waals surface area contributed by atoms with Gasteiger partial charge in [0.1, 0.15) is 5.82 Å². The minimum Gasteiger partial charge on any atom is -0.369 e. The minimum absolute atomic E-state index is 0.395. The average Bonchev–Trinajstić information content (AvgIpc) is 3.27.